The number of aliphatic hydroxyl groups is 1. The van der Waals surface area contributed by atoms with Gasteiger partial charge in [0, 0.05) is 24.8 Å². The molecule has 21 heavy (non-hydrogen) atoms. The molecular weight excluding hydrogens is 267 g/mol. The number of halogens is 1. The van der Waals surface area contributed by atoms with Crippen molar-refractivity contribution < 1.29 is 9.50 Å². The zero-order valence-corrected chi connectivity index (χ0v) is 13.5. The van der Waals surface area contributed by atoms with Gasteiger partial charge in [0.1, 0.15) is 5.82 Å². The van der Waals surface area contributed by atoms with Gasteiger partial charge >= 0.3 is 0 Å². The van der Waals surface area contributed by atoms with Crippen LogP contribution >= 0.6 is 0 Å². The van der Waals surface area contributed by atoms with Crippen LogP contribution in [0.1, 0.15) is 37.8 Å². The minimum Gasteiger partial charge on any atom is -0.396 e. The molecule has 2 atom stereocenters. The first-order chi connectivity index (χ1) is 10.1. The van der Waals surface area contributed by atoms with E-state index in [9.17, 15) is 4.39 Å². The van der Waals surface area contributed by atoms with Gasteiger partial charge in [-0.05, 0) is 51.9 Å². The van der Waals surface area contributed by atoms with Crippen molar-refractivity contribution in [3.05, 3.63) is 35.6 Å². The second-order valence-corrected chi connectivity index (χ2v) is 5.81. The van der Waals surface area contributed by atoms with Crippen molar-refractivity contribution in [1.29, 1.82) is 0 Å². The minimum atomic E-state index is -0.144. The molecule has 1 rings (SSSR count). The maximum absolute atomic E-state index is 13.9. The smallest absolute Gasteiger partial charge is 0.127 e. The molecule has 0 aliphatic rings. The van der Waals surface area contributed by atoms with Gasteiger partial charge in [0.15, 0.2) is 0 Å². The number of benzene rings is 1. The van der Waals surface area contributed by atoms with Crippen molar-refractivity contribution in [2.24, 2.45) is 5.92 Å². The van der Waals surface area contributed by atoms with Crippen molar-refractivity contribution in [2.75, 3.05) is 33.8 Å². The van der Waals surface area contributed by atoms with Gasteiger partial charge in [-0.2, -0.15) is 0 Å². The van der Waals surface area contributed by atoms with E-state index >= 15 is 0 Å². The highest BCUT2D eigenvalue weighted by Gasteiger charge is 2.21. The third-order valence-electron chi connectivity index (χ3n) is 3.92. The van der Waals surface area contributed by atoms with E-state index in [1.54, 1.807) is 6.07 Å². The van der Waals surface area contributed by atoms with E-state index < -0.39 is 0 Å². The van der Waals surface area contributed by atoms with Crippen LogP contribution < -0.4 is 5.32 Å². The molecule has 0 saturated heterocycles. The van der Waals surface area contributed by atoms with Crippen molar-refractivity contribution in [1.82, 2.24) is 10.2 Å². The SMILES string of the molecule is CNC(c1ccccc1F)C(C)CN(C)CCCCCO. The molecule has 3 nitrogen and oxygen atoms in total. The van der Waals surface area contributed by atoms with Gasteiger partial charge in [-0.1, -0.05) is 25.1 Å². The molecule has 0 heterocycles. The molecule has 0 saturated carbocycles. The van der Waals surface area contributed by atoms with Gasteiger partial charge in [-0.15, -0.1) is 0 Å². The quantitative estimate of drug-likeness (QED) is 0.652. The third kappa shape index (κ3) is 6.12. The number of nitrogens with one attached hydrogen (secondary N) is 1. The largest absolute Gasteiger partial charge is 0.396 e. The highest BCUT2D eigenvalue weighted by Crippen LogP contribution is 2.24. The van der Waals surface area contributed by atoms with Crippen LogP contribution in [0.25, 0.3) is 0 Å². The molecular formula is C17H29FN2O. The Labute approximate surface area is 128 Å². The summed E-state index contributed by atoms with van der Waals surface area (Å²) in [7, 11) is 3.98. The predicted molar refractivity (Wildman–Crippen MR) is 85.8 cm³/mol. The van der Waals surface area contributed by atoms with E-state index in [0.717, 1.165) is 37.9 Å². The molecule has 0 amide bonds. The van der Waals surface area contributed by atoms with Gasteiger partial charge in [0.05, 0.1) is 0 Å². The van der Waals surface area contributed by atoms with Crippen molar-refractivity contribution in [3.8, 4) is 0 Å². The second-order valence-electron chi connectivity index (χ2n) is 5.81. The summed E-state index contributed by atoms with van der Waals surface area (Å²) in [5.74, 6) is 0.170. The average molecular weight is 296 g/mol. The van der Waals surface area contributed by atoms with E-state index in [1.807, 2.05) is 19.2 Å². The Morgan fingerprint density at radius 1 is 1.24 bits per heavy atom. The first-order valence-electron chi connectivity index (χ1n) is 7.81. The molecule has 0 aliphatic carbocycles. The van der Waals surface area contributed by atoms with Crippen molar-refractivity contribution in [2.45, 2.75) is 32.2 Å². The summed E-state index contributed by atoms with van der Waals surface area (Å²) in [5, 5.41) is 12.0. The molecule has 0 aliphatic heterocycles. The highest BCUT2D eigenvalue weighted by atomic mass is 19.1. The Morgan fingerprint density at radius 2 is 1.95 bits per heavy atom. The van der Waals surface area contributed by atoms with Gasteiger partial charge in [0.25, 0.3) is 0 Å². The van der Waals surface area contributed by atoms with Crippen LogP contribution in [-0.4, -0.2) is 43.8 Å². The number of hydrogen-bond acceptors (Lipinski definition) is 3. The molecule has 4 heteroatoms. The number of unbranched alkanes of at least 4 members (excludes halogenated alkanes) is 2. The normalized spacial score (nSPS) is 14.4. The van der Waals surface area contributed by atoms with Gasteiger partial charge in [0.2, 0.25) is 0 Å². The Kier molecular flexibility index (Phi) is 8.50. The molecule has 2 N–H and O–H groups in total. The van der Waals surface area contributed by atoms with Gasteiger partial charge < -0.3 is 15.3 Å². The van der Waals surface area contributed by atoms with Crippen molar-refractivity contribution in [3.63, 3.8) is 0 Å². The first kappa shape index (κ1) is 18.1. The third-order valence-corrected chi connectivity index (χ3v) is 3.92. The van der Waals surface area contributed by atoms with Crippen LogP contribution in [-0.2, 0) is 0 Å². The second kappa shape index (κ2) is 9.87. The van der Waals surface area contributed by atoms with Gasteiger partial charge in [-0.3, -0.25) is 0 Å². The predicted octanol–water partition coefficient (Wildman–Crippen LogP) is 2.82. The summed E-state index contributed by atoms with van der Waals surface area (Å²) in [6.45, 7) is 4.35. The van der Waals surface area contributed by atoms with E-state index in [2.05, 4.69) is 24.2 Å². The molecule has 0 spiro atoms. The standard InChI is InChI=1S/C17H29FN2O/c1-14(13-20(3)11-7-4-8-12-21)17(19-2)15-9-5-6-10-16(15)18/h5-6,9-10,14,17,19,21H,4,7-8,11-13H2,1-3H3. The number of nitrogens with zero attached hydrogens (tertiary/aromatic N) is 1. The van der Waals surface area contributed by atoms with Crippen LogP contribution in [0.2, 0.25) is 0 Å². The molecule has 0 aromatic heterocycles. The van der Waals surface area contributed by atoms with Gasteiger partial charge in [-0.25, -0.2) is 4.39 Å². The van der Waals surface area contributed by atoms with E-state index in [4.69, 9.17) is 5.11 Å². The lowest BCUT2D eigenvalue weighted by Crippen LogP contribution is -2.33. The van der Waals surface area contributed by atoms with Crippen molar-refractivity contribution >= 4 is 0 Å². The Balaban J connectivity index is 2.51. The monoisotopic (exact) mass is 296 g/mol. The molecule has 0 fully saturated rings. The molecule has 0 radical (unpaired) electrons. The fourth-order valence-electron chi connectivity index (χ4n) is 2.83. The van der Waals surface area contributed by atoms with E-state index in [0.29, 0.717) is 5.92 Å². The summed E-state index contributed by atoms with van der Waals surface area (Å²) in [4.78, 5) is 2.28. The number of hydrogen-bond donors (Lipinski definition) is 2. The maximum atomic E-state index is 13.9. The van der Waals surface area contributed by atoms with Crippen LogP contribution in [0.4, 0.5) is 4.39 Å². The fourth-order valence-corrected chi connectivity index (χ4v) is 2.83. The van der Waals surface area contributed by atoms with Crippen LogP contribution in [0.3, 0.4) is 0 Å². The number of aliphatic hydroxyl groups excluding tert-OH is 1. The average Bonchev–Trinajstić information content (AvgIpc) is 2.46. The summed E-state index contributed by atoms with van der Waals surface area (Å²) in [6.07, 6.45) is 3.02. The van der Waals surface area contributed by atoms with E-state index in [1.165, 1.54) is 6.07 Å². The zero-order valence-electron chi connectivity index (χ0n) is 13.5. The number of rotatable bonds is 10. The highest BCUT2D eigenvalue weighted by molar-refractivity contribution is 5.21. The lowest BCUT2D eigenvalue weighted by Gasteiger charge is -2.28. The lowest BCUT2D eigenvalue weighted by molar-refractivity contribution is 0.238. The molecule has 120 valence electrons. The molecule has 1 aromatic rings. The molecule has 2 unspecified atom stereocenters. The molecule has 0 bridgehead atoms. The topological polar surface area (TPSA) is 35.5 Å². The Morgan fingerprint density at radius 3 is 2.57 bits per heavy atom. The van der Waals surface area contributed by atoms with Crippen LogP contribution in [0, 0.1) is 11.7 Å². The van der Waals surface area contributed by atoms with Crippen LogP contribution in [0.5, 0.6) is 0 Å². The fraction of sp³-hybridized carbons (Fsp3) is 0.647. The Hall–Kier alpha value is -0.970. The summed E-state index contributed by atoms with van der Waals surface area (Å²) in [5.41, 5.74) is 0.737. The zero-order chi connectivity index (χ0) is 15.7. The Bertz CT molecular complexity index is 400. The minimum absolute atomic E-state index is 0.0195. The lowest BCUT2D eigenvalue weighted by atomic mass is 9.93. The van der Waals surface area contributed by atoms with Crippen LogP contribution in [0.15, 0.2) is 24.3 Å². The summed E-state index contributed by atoms with van der Waals surface area (Å²) in [6, 6.07) is 7.00. The molecule has 1 aromatic carbocycles. The maximum Gasteiger partial charge on any atom is 0.127 e. The first-order valence-corrected chi connectivity index (χ1v) is 7.81. The summed E-state index contributed by atoms with van der Waals surface area (Å²) < 4.78 is 13.9. The van der Waals surface area contributed by atoms with E-state index in [-0.39, 0.29) is 18.5 Å². The summed E-state index contributed by atoms with van der Waals surface area (Å²) >= 11 is 0.